The second-order valence-electron chi connectivity index (χ2n) is 9.41. The van der Waals surface area contributed by atoms with Crippen molar-refractivity contribution in [3.63, 3.8) is 0 Å². The van der Waals surface area contributed by atoms with Gasteiger partial charge in [-0.25, -0.2) is 9.29 Å². The van der Waals surface area contributed by atoms with Crippen LogP contribution in [0, 0.1) is 6.92 Å². The topological polar surface area (TPSA) is 87.7 Å². The molecule has 8 nitrogen and oxygen atoms in total. The first-order valence-electron chi connectivity index (χ1n) is 12.5. The van der Waals surface area contributed by atoms with Crippen LogP contribution < -0.4 is 14.4 Å². The van der Waals surface area contributed by atoms with Gasteiger partial charge >= 0.3 is 0 Å². The van der Waals surface area contributed by atoms with Crippen LogP contribution in [-0.2, 0) is 23.1 Å². The van der Waals surface area contributed by atoms with Gasteiger partial charge in [0.15, 0.2) is 10.8 Å². The van der Waals surface area contributed by atoms with Crippen LogP contribution in [0.4, 0.5) is 11.5 Å². The van der Waals surface area contributed by atoms with E-state index in [-0.39, 0.29) is 17.6 Å². The molecule has 198 valence electrons. The summed E-state index contributed by atoms with van der Waals surface area (Å²) in [6.45, 7) is 4.91. The Balaban J connectivity index is 1.30. The van der Waals surface area contributed by atoms with E-state index in [1.807, 2.05) is 37.3 Å². The lowest BCUT2D eigenvalue weighted by Crippen LogP contribution is -2.31. The Morgan fingerprint density at radius 2 is 1.89 bits per heavy atom. The maximum atomic E-state index is 13.8. The zero-order valence-electron chi connectivity index (χ0n) is 21.4. The summed E-state index contributed by atoms with van der Waals surface area (Å²) in [5.41, 5.74) is 3.81. The van der Waals surface area contributed by atoms with Gasteiger partial charge in [-0.1, -0.05) is 42.5 Å². The number of methoxy groups -OCH3 is 1. The molecule has 0 bridgehead atoms. The number of nitrogens with one attached hydrogen (secondary N) is 1. The molecule has 0 amide bonds. The van der Waals surface area contributed by atoms with Gasteiger partial charge < -0.3 is 10.1 Å². The summed E-state index contributed by atoms with van der Waals surface area (Å²) < 4.78 is 38.4. The molecule has 1 N–H and O–H groups in total. The fraction of sp³-hybridized carbons (Fsp3) is 0.286. The molecule has 1 saturated heterocycles. The number of sulfonamides is 1. The van der Waals surface area contributed by atoms with Crippen LogP contribution in [0.1, 0.15) is 23.1 Å². The van der Waals surface area contributed by atoms with E-state index >= 15 is 0 Å². The van der Waals surface area contributed by atoms with Crippen molar-refractivity contribution in [2.45, 2.75) is 37.5 Å². The predicted molar refractivity (Wildman–Crippen MR) is 151 cm³/mol. The molecule has 0 radical (unpaired) electrons. The Hall–Kier alpha value is -3.47. The Labute approximate surface area is 228 Å². The van der Waals surface area contributed by atoms with E-state index in [2.05, 4.69) is 43.8 Å². The largest absolute Gasteiger partial charge is 0.497 e. The van der Waals surface area contributed by atoms with Crippen LogP contribution in [0.5, 0.6) is 5.75 Å². The maximum absolute atomic E-state index is 13.8. The molecule has 0 saturated carbocycles. The fourth-order valence-corrected chi connectivity index (χ4v) is 6.58. The van der Waals surface area contributed by atoms with Gasteiger partial charge in [0, 0.05) is 31.1 Å². The molecule has 38 heavy (non-hydrogen) atoms. The number of benzene rings is 2. The number of rotatable bonds is 10. The molecular weight excluding hydrogens is 518 g/mol. The minimum Gasteiger partial charge on any atom is -0.497 e. The lowest BCUT2D eigenvalue weighted by atomic mass is 10.2. The van der Waals surface area contributed by atoms with Crippen LogP contribution in [0.25, 0.3) is 0 Å². The molecule has 1 aliphatic heterocycles. The van der Waals surface area contributed by atoms with Gasteiger partial charge in [-0.05, 0) is 65.8 Å². The number of ether oxygens (including phenoxy) is 1. The molecule has 2 aromatic carbocycles. The highest BCUT2D eigenvalue weighted by atomic mass is 32.2. The van der Waals surface area contributed by atoms with Gasteiger partial charge in [-0.15, -0.1) is 0 Å². The van der Waals surface area contributed by atoms with Crippen molar-refractivity contribution in [3.05, 3.63) is 95.0 Å². The lowest BCUT2D eigenvalue weighted by molar-refractivity contribution is 0.328. The Kier molecular flexibility index (Phi) is 7.92. The van der Waals surface area contributed by atoms with Crippen molar-refractivity contribution in [3.8, 4) is 5.75 Å². The second-order valence-corrected chi connectivity index (χ2v) is 11.9. The van der Waals surface area contributed by atoms with Crippen LogP contribution in [0.2, 0.25) is 0 Å². The number of anilines is 2. The quantitative estimate of drug-likeness (QED) is 0.300. The number of hydrogen-bond acceptors (Lipinski definition) is 8. The second kappa shape index (κ2) is 11.5. The molecule has 0 spiro atoms. The summed E-state index contributed by atoms with van der Waals surface area (Å²) in [5.74, 6) is 1.08. The Morgan fingerprint density at radius 3 is 2.58 bits per heavy atom. The molecule has 4 aromatic rings. The molecule has 0 aliphatic carbocycles. The lowest BCUT2D eigenvalue weighted by Gasteiger charge is -2.23. The SMILES string of the molecule is COc1ccc(CN(c2ccsn2)S(=O)(=O)c2cc(C)c(NC3CCN(Cc4ccccc4)C3)cn2)cc1. The number of pyridine rings is 1. The maximum Gasteiger partial charge on any atom is 0.283 e. The van der Waals surface area contributed by atoms with Gasteiger partial charge in [0.25, 0.3) is 10.0 Å². The summed E-state index contributed by atoms with van der Waals surface area (Å²) in [6, 6.07) is 21.4. The number of aryl methyl sites for hydroxylation is 1. The van der Waals surface area contributed by atoms with E-state index in [0.29, 0.717) is 11.6 Å². The molecule has 1 fully saturated rings. The van der Waals surface area contributed by atoms with Crippen molar-refractivity contribution in [2.24, 2.45) is 0 Å². The number of nitrogens with zero attached hydrogens (tertiary/aromatic N) is 4. The van der Waals surface area contributed by atoms with E-state index in [1.54, 1.807) is 30.8 Å². The zero-order valence-corrected chi connectivity index (χ0v) is 23.1. The first kappa shape index (κ1) is 26.1. The van der Waals surface area contributed by atoms with Crippen LogP contribution in [-0.4, -0.2) is 48.9 Å². The number of aromatic nitrogens is 2. The van der Waals surface area contributed by atoms with E-state index in [1.165, 1.54) is 21.4 Å². The van der Waals surface area contributed by atoms with Gasteiger partial charge in [0.05, 0.1) is 25.5 Å². The predicted octanol–water partition coefficient (Wildman–Crippen LogP) is 4.94. The Morgan fingerprint density at radius 1 is 1.11 bits per heavy atom. The minimum atomic E-state index is -3.95. The van der Waals surface area contributed by atoms with Crippen molar-refractivity contribution < 1.29 is 13.2 Å². The first-order valence-corrected chi connectivity index (χ1v) is 14.8. The normalized spacial score (nSPS) is 15.9. The van der Waals surface area contributed by atoms with E-state index in [4.69, 9.17) is 4.74 Å². The third-order valence-corrected chi connectivity index (χ3v) is 8.88. The molecule has 1 aliphatic rings. The van der Waals surface area contributed by atoms with Gasteiger partial charge in [0.2, 0.25) is 0 Å². The average molecular weight is 550 g/mol. The highest BCUT2D eigenvalue weighted by Gasteiger charge is 2.29. The van der Waals surface area contributed by atoms with E-state index < -0.39 is 10.0 Å². The molecule has 10 heteroatoms. The van der Waals surface area contributed by atoms with Crippen molar-refractivity contribution in [1.29, 1.82) is 0 Å². The molecule has 2 aromatic heterocycles. The smallest absolute Gasteiger partial charge is 0.283 e. The third kappa shape index (κ3) is 5.98. The van der Waals surface area contributed by atoms with Crippen LogP contribution in [0.3, 0.4) is 0 Å². The summed E-state index contributed by atoms with van der Waals surface area (Å²) in [4.78, 5) is 6.82. The molecule has 1 atom stereocenters. The molecule has 3 heterocycles. The van der Waals surface area contributed by atoms with Crippen molar-refractivity contribution in [2.75, 3.05) is 29.8 Å². The highest BCUT2D eigenvalue weighted by molar-refractivity contribution is 7.92. The van der Waals surface area contributed by atoms with Crippen LogP contribution >= 0.6 is 11.5 Å². The summed E-state index contributed by atoms with van der Waals surface area (Å²) in [6.07, 6.45) is 2.65. The number of likely N-dealkylation sites (tertiary alicyclic amines) is 1. The first-order chi connectivity index (χ1) is 18.4. The standard InChI is InChI=1S/C28H31N5O3S2/c1-21-16-28(29-17-26(21)30-24-12-14-32(20-24)18-22-6-4-3-5-7-22)38(34,35)33(27-13-15-37-31-27)19-23-8-10-25(36-2)11-9-23/h3-11,13,15-17,24,30H,12,14,18-20H2,1-2H3. The fourth-order valence-electron chi connectivity index (χ4n) is 4.61. The van der Waals surface area contributed by atoms with Crippen molar-refractivity contribution >= 4 is 33.1 Å². The third-order valence-electron chi connectivity index (χ3n) is 6.69. The van der Waals surface area contributed by atoms with Gasteiger partial charge in [-0.3, -0.25) is 4.90 Å². The number of hydrogen-bond donors (Lipinski definition) is 1. The van der Waals surface area contributed by atoms with Crippen LogP contribution in [0.15, 0.2) is 83.3 Å². The monoisotopic (exact) mass is 549 g/mol. The minimum absolute atomic E-state index is 0.000752. The van der Waals surface area contributed by atoms with E-state index in [0.717, 1.165) is 42.9 Å². The average Bonchev–Trinajstić information content (AvgIpc) is 3.62. The summed E-state index contributed by atoms with van der Waals surface area (Å²) >= 11 is 1.21. The van der Waals surface area contributed by atoms with Gasteiger partial charge in [-0.2, -0.15) is 12.8 Å². The van der Waals surface area contributed by atoms with Gasteiger partial charge in [0.1, 0.15) is 5.75 Å². The molecular formula is C28H31N5O3S2. The summed E-state index contributed by atoms with van der Waals surface area (Å²) in [7, 11) is -2.35. The Bertz CT molecular complexity index is 1450. The van der Waals surface area contributed by atoms with Crippen molar-refractivity contribution in [1.82, 2.24) is 14.3 Å². The highest BCUT2D eigenvalue weighted by Crippen LogP contribution is 2.28. The molecule has 1 unspecified atom stereocenters. The summed E-state index contributed by atoms with van der Waals surface area (Å²) in [5, 5.41) is 5.34. The molecule has 5 rings (SSSR count). The zero-order chi connectivity index (χ0) is 26.5. The van der Waals surface area contributed by atoms with E-state index in [9.17, 15) is 8.42 Å².